The van der Waals surface area contributed by atoms with E-state index in [0.717, 1.165) is 16.9 Å². The summed E-state index contributed by atoms with van der Waals surface area (Å²) >= 11 is 0. The van der Waals surface area contributed by atoms with E-state index in [9.17, 15) is 4.79 Å². The molecule has 0 aliphatic carbocycles. The third kappa shape index (κ3) is 3.60. The Morgan fingerprint density at radius 1 is 1.00 bits per heavy atom. The Kier molecular flexibility index (Phi) is 4.04. The molecule has 0 spiro atoms. The van der Waals surface area contributed by atoms with E-state index in [0.29, 0.717) is 18.1 Å². The molecule has 0 bridgehead atoms. The van der Waals surface area contributed by atoms with Gasteiger partial charge in [-0.1, -0.05) is 41.5 Å². The predicted molar refractivity (Wildman–Crippen MR) is 88.4 cm³/mol. The zero-order valence-corrected chi connectivity index (χ0v) is 13.3. The van der Waals surface area contributed by atoms with Crippen LogP contribution in [0.1, 0.15) is 17.0 Å². The lowest BCUT2D eigenvalue weighted by molar-refractivity contribution is -0.115. The van der Waals surface area contributed by atoms with Crippen molar-refractivity contribution in [3.05, 3.63) is 65.5 Å². The average Bonchev–Trinajstić information content (AvgIpc) is 3.24. The lowest BCUT2D eigenvalue weighted by atomic mass is 10.1. The first-order valence-electron chi connectivity index (χ1n) is 7.81. The van der Waals surface area contributed by atoms with Crippen molar-refractivity contribution >= 4 is 11.9 Å². The number of carbonyl (C=O) groups is 1. The zero-order chi connectivity index (χ0) is 17.1. The van der Waals surface area contributed by atoms with Gasteiger partial charge in [0.15, 0.2) is 11.5 Å². The van der Waals surface area contributed by atoms with Crippen LogP contribution in [0.25, 0.3) is 0 Å². The number of ether oxygens (including phenoxy) is 2. The number of amides is 1. The normalized spacial score (nSPS) is 12.2. The lowest BCUT2D eigenvalue weighted by Gasteiger charge is -2.01. The van der Waals surface area contributed by atoms with Gasteiger partial charge in [-0.25, -0.2) is 0 Å². The Labute approximate surface area is 143 Å². The predicted octanol–water partition coefficient (Wildman–Crippen LogP) is 2.57. The molecule has 1 aliphatic rings. The van der Waals surface area contributed by atoms with Crippen molar-refractivity contribution < 1.29 is 18.7 Å². The van der Waals surface area contributed by atoms with E-state index in [2.05, 4.69) is 15.5 Å². The van der Waals surface area contributed by atoms with Gasteiger partial charge in [0.05, 0.1) is 12.8 Å². The highest BCUT2D eigenvalue weighted by Crippen LogP contribution is 2.33. The second-order valence-electron chi connectivity index (χ2n) is 5.58. The van der Waals surface area contributed by atoms with Gasteiger partial charge in [-0.3, -0.25) is 10.1 Å². The summed E-state index contributed by atoms with van der Waals surface area (Å²) in [6.07, 6.45) is 0.693. The highest BCUT2D eigenvalue weighted by atomic mass is 16.7. The standard InChI is InChI=1S/C18H15N3O4/c22-16(9-12-4-2-1-3-5-12)19-18-21-20-17(25-18)10-13-6-7-14-15(8-13)24-11-23-14/h1-8H,9-11H2,(H,19,21,22). The Hall–Kier alpha value is -3.35. The number of anilines is 1. The zero-order valence-electron chi connectivity index (χ0n) is 13.3. The summed E-state index contributed by atoms with van der Waals surface area (Å²) in [6.45, 7) is 0.233. The monoisotopic (exact) mass is 337 g/mol. The molecule has 0 atom stereocenters. The van der Waals surface area contributed by atoms with Gasteiger partial charge in [0.1, 0.15) is 0 Å². The fraction of sp³-hybridized carbons (Fsp3) is 0.167. The van der Waals surface area contributed by atoms with E-state index < -0.39 is 0 Å². The fourth-order valence-corrected chi connectivity index (χ4v) is 2.55. The molecule has 1 amide bonds. The number of hydrogen-bond donors (Lipinski definition) is 1. The number of hydrogen-bond acceptors (Lipinski definition) is 6. The molecule has 126 valence electrons. The second kappa shape index (κ2) is 6.64. The molecule has 25 heavy (non-hydrogen) atoms. The van der Waals surface area contributed by atoms with Crippen molar-refractivity contribution in [2.45, 2.75) is 12.8 Å². The van der Waals surface area contributed by atoms with E-state index >= 15 is 0 Å². The smallest absolute Gasteiger partial charge is 0.322 e. The third-order valence-electron chi connectivity index (χ3n) is 3.71. The number of aromatic nitrogens is 2. The van der Waals surface area contributed by atoms with Crippen LogP contribution < -0.4 is 14.8 Å². The quantitative estimate of drug-likeness (QED) is 0.770. The second-order valence-corrected chi connectivity index (χ2v) is 5.58. The van der Waals surface area contributed by atoms with Crippen LogP contribution in [0.4, 0.5) is 6.01 Å². The molecule has 1 aliphatic heterocycles. The van der Waals surface area contributed by atoms with Crippen molar-refractivity contribution in [1.29, 1.82) is 0 Å². The molecule has 4 rings (SSSR count). The first-order chi connectivity index (χ1) is 12.3. The van der Waals surface area contributed by atoms with Crippen molar-refractivity contribution in [1.82, 2.24) is 10.2 Å². The maximum Gasteiger partial charge on any atom is 0.322 e. The van der Waals surface area contributed by atoms with Gasteiger partial charge in [0.2, 0.25) is 18.6 Å². The van der Waals surface area contributed by atoms with E-state index in [1.54, 1.807) is 0 Å². The summed E-state index contributed by atoms with van der Waals surface area (Å²) in [5, 5.41) is 10.4. The Morgan fingerprint density at radius 3 is 2.72 bits per heavy atom. The summed E-state index contributed by atoms with van der Waals surface area (Å²) in [5.74, 6) is 1.63. The van der Waals surface area contributed by atoms with Crippen LogP contribution in [0, 0.1) is 0 Å². The molecular weight excluding hydrogens is 322 g/mol. The van der Waals surface area contributed by atoms with E-state index in [1.165, 1.54) is 0 Å². The van der Waals surface area contributed by atoms with Crippen molar-refractivity contribution in [2.24, 2.45) is 0 Å². The van der Waals surface area contributed by atoms with Crippen molar-refractivity contribution in [2.75, 3.05) is 12.1 Å². The molecule has 0 unspecified atom stereocenters. The summed E-state index contributed by atoms with van der Waals surface area (Å²) in [7, 11) is 0. The molecule has 0 saturated heterocycles. The molecule has 2 heterocycles. The lowest BCUT2D eigenvalue weighted by Crippen LogP contribution is -2.14. The minimum atomic E-state index is -0.204. The Balaban J connectivity index is 1.38. The highest BCUT2D eigenvalue weighted by molar-refractivity contribution is 5.90. The maximum atomic E-state index is 12.0. The SMILES string of the molecule is O=C(Cc1ccccc1)Nc1nnc(Cc2ccc3c(c2)OCO3)o1. The summed E-state index contributed by atoms with van der Waals surface area (Å²) in [5.41, 5.74) is 1.87. The number of rotatable bonds is 5. The number of nitrogens with zero attached hydrogens (tertiary/aromatic N) is 2. The summed E-state index contributed by atoms with van der Waals surface area (Å²) < 4.78 is 16.1. The molecule has 1 aromatic heterocycles. The molecule has 0 saturated carbocycles. The van der Waals surface area contributed by atoms with Crippen LogP contribution in [-0.4, -0.2) is 22.9 Å². The van der Waals surface area contributed by atoms with Crippen LogP contribution in [0.2, 0.25) is 0 Å². The van der Waals surface area contributed by atoms with Crippen molar-refractivity contribution in [3.63, 3.8) is 0 Å². The van der Waals surface area contributed by atoms with E-state index in [1.807, 2.05) is 48.5 Å². The maximum absolute atomic E-state index is 12.0. The molecule has 0 fully saturated rings. The minimum Gasteiger partial charge on any atom is -0.454 e. The fourth-order valence-electron chi connectivity index (χ4n) is 2.55. The van der Waals surface area contributed by atoms with Crippen LogP contribution in [0.5, 0.6) is 11.5 Å². The number of nitrogens with one attached hydrogen (secondary N) is 1. The minimum absolute atomic E-state index is 0.0941. The van der Waals surface area contributed by atoms with Gasteiger partial charge < -0.3 is 13.9 Å². The largest absolute Gasteiger partial charge is 0.454 e. The number of fused-ring (bicyclic) bond motifs is 1. The number of benzene rings is 2. The van der Waals surface area contributed by atoms with Gasteiger partial charge in [-0.15, -0.1) is 5.10 Å². The van der Waals surface area contributed by atoms with Crippen LogP contribution in [0.3, 0.4) is 0 Å². The van der Waals surface area contributed by atoms with Crippen LogP contribution >= 0.6 is 0 Å². The number of carbonyl (C=O) groups excluding carboxylic acids is 1. The van der Waals surface area contributed by atoms with Crippen molar-refractivity contribution in [3.8, 4) is 11.5 Å². The molecule has 3 aromatic rings. The average molecular weight is 337 g/mol. The van der Waals surface area contributed by atoms with Gasteiger partial charge in [0.25, 0.3) is 0 Å². The first kappa shape index (κ1) is 15.2. The molecule has 2 aromatic carbocycles. The first-order valence-corrected chi connectivity index (χ1v) is 7.81. The topological polar surface area (TPSA) is 86.5 Å². The Morgan fingerprint density at radius 2 is 1.84 bits per heavy atom. The molecular formula is C18H15N3O4. The van der Waals surface area contributed by atoms with Gasteiger partial charge in [0, 0.05) is 0 Å². The third-order valence-corrected chi connectivity index (χ3v) is 3.71. The Bertz CT molecular complexity index is 892. The van der Waals surface area contributed by atoms with Gasteiger partial charge in [-0.2, -0.15) is 0 Å². The van der Waals surface area contributed by atoms with E-state index in [-0.39, 0.29) is 25.1 Å². The molecule has 7 nitrogen and oxygen atoms in total. The van der Waals surface area contributed by atoms with E-state index in [4.69, 9.17) is 13.9 Å². The highest BCUT2D eigenvalue weighted by Gasteiger charge is 2.15. The van der Waals surface area contributed by atoms with Gasteiger partial charge in [-0.05, 0) is 23.3 Å². The molecule has 1 N–H and O–H groups in total. The van der Waals surface area contributed by atoms with Crippen LogP contribution in [0.15, 0.2) is 52.9 Å². The summed E-state index contributed by atoms with van der Waals surface area (Å²) in [6, 6.07) is 15.2. The summed E-state index contributed by atoms with van der Waals surface area (Å²) in [4.78, 5) is 12.0. The molecule has 7 heteroatoms. The van der Waals surface area contributed by atoms with Crippen LogP contribution in [-0.2, 0) is 17.6 Å². The molecule has 0 radical (unpaired) electrons. The van der Waals surface area contributed by atoms with Gasteiger partial charge >= 0.3 is 6.01 Å².